The molecule has 1 aromatic carbocycles. The van der Waals surface area contributed by atoms with E-state index in [1.165, 1.54) is 25.3 Å². The minimum absolute atomic E-state index is 0.268. The van der Waals surface area contributed by atoms with E-state index in [4.69, 9.17) is 0 Å². The Hall–Kier alpha value is -0.410. The van der Waals surface area contributed by atoms with Crippen LogP contribution in [0.15, 0.2) is 22.7 Å². The highest BCUT2D eigenvalue weighted by Crippen LogP contribution is 2.52. The van der Waals surface area contributed by atoms with Gasteiger partial charge < -0.3 is 5.11 Å². The first-order valence-corrected chi connectivity index (χ1v) is 7.07. The van der Waals surface area contributed by atoms with Gasteiger partial charge in [-0.25, -0.2) is 4.39 Å². The molecule has 0 aromatic heterocycles. The molecule has 1 N–H and O–H groups in total. The van der Waals surface area contributed by atoms with Crippen molar-refractivity contribution in [3.63, 3.8) is 0 Å². The van der Waals surface area contributed by atoms with Gasteiger partial charge >= 0.3 is 0 Å². The average Bonchev–Trinajstić information content (AvgIpc) is 2.89. The quantitative estimate of drug-likeness (QED) is 0.873. The molecule has 2 aliphatic rings. The lowest BCUT2D eigenvalue weighted by Gasteiger charge is -2.27. The molecule has 1 nitrogen and oxygen atoms in total. The zero-order chi connectivity index (χ0) is 12.0. The zero-order valence-corrected chi connectivity index (χ0v) is 11.2. The topological polar surface area (TPSA) is 20.2 Å². The minimum Gasteiger partial charge on any atom is -0.388 e. The Morgan fingerprint density at radius 1 is 1.29 bits per heavy atom. The molecule has 4 atom stereocenters. The number of aliphatic hydroxyl groups is 1. The maximum atomic E-state index is 13.8. The Morgan fingerprint density at radius 2 is 2.12 bits per heavy atom. The second-order valence-electron chi connectivity index (χ2n) is 5.45. The molecule has 1 aromatic rings. The fraction of sp³-hybridized carbons (Fsp3) is 0.571. The Morgan fingerprint density at radius 3 is 2.71 bits per heavy atom. The van der Waals surface area contributed by atoms with E-state index in [-0.39, 0.29) is 11.7 Å². The number of hydrogen-bond acceptors (Lipinski definition) is 1. The van der Waals surface area contributed by atoms with E-state index in [1.807, 2.05) is 0 Å². The molecule has 0 spiro atoms. The van der Waals surface area contributed by atoms with Crippen molar-refractivity contribution < 1.29 is 9.50 Å². The minimum atomic E-state index is -0.626. The molecular weight excluding hydrogens is 283 g/mol. The van der Waals surface area contributed by atoms with Crippen molar-refractivity contribution in [2.24, 2.45) is 17.8 Å². The number of halogens is 2. The van der Waals surface area contributed by atoms with E-state index in [9.17, 15) is 9.50 Å². The number of aliphatic hydroxyl groups excluding tert-OH is 1. The predicted octanol–water partition coefficient (Wildman–Crippen LogP) is 4.06. The van der Waals surface area contributed by atoms with Crippen molar-refractivity contribution in [2.45, 2.75) is 31.8 Å². The highest BCUT2D eigenvalue weighted by Gasteiger charge is 2.43. The molecule has 0 aliphatic heterocycles. The zero-order valence-electron chi connectivity index (χ0n) is 9.57. The van der Waals surface area contributed by atoms with Crippen LogP contribution in [0.25, 0.3) is 0 Å². The molecule has 0 heterocycles. The van der Waals surface area contributed by atoms with Gasteiger partial charge in [0, 0.05) is 10.0 Å². The highest BCUT2D eigenvalue weighted by atomic mass is 79.9. The Labute approximate surface area is 109 Å². The summed E-state index contributed by atoms with van der Waals surface area (Å²) in [6.07, 6.45) is 4.20. The van der Waals surface area contributed by atoms with Crippen molar-refractivity contribution in [1.29, 1.82) is 0 Å². The predicted molar refractivity (Wildman–Crippen MR) is 68.0 cm³/mol. The molecule has 2 fully saturated rings. The Kier molecular flexibility index (Phi) is 2.99. The molecule has 0 radical (unpaired) electrons. The second-order valence-corrected chi connectivity index (χ2v) is 6.37. The van der Waals surface area contributed by atoms with Gasteiger partial charge in [0.25, 0.3) is 0 Å². The van der Waals surface area contributed by atoms with E-state index in [0.29, 0.717) is 11.5 Å². The van der Waals surface area contributed by atoms with Crippen LogP contribution in [0.1, 0.15) is 37.4 Å². The maximum absolute atomic E-state index is 13.8. The smallest absolute Gasteiger partial charge is 0.130 e. The third-order valence-corrected chi connectivity index (χ3v) is 4.97. The van der Waals surface area contributed by atoms with E-state index >= 15 is 0 Å². The van der Waals surface area contributed by atoms with Crippen molar-refractivity contribution in [3.8, 4) is 0 Å². The third-order valence-electron chi connectivity index (χ3n) is 4.48. The number of hydrogen-bond donors (Lipinski definition) is 1. The van der Waals surface area contributed by atoms with Gasteiger partial charge in [0.1, 0.15) is 5.82 Å². The molecular formula is C14H16BrFO. The molecule has 3 heteroatoms. The van der Waals surface area contributed by atoms with Crippen LogP contribution in [0.3, 0.4) is 0 Å². The molecule has 0 saturated heterocycles. The van der Waals surface area contributed by atoms with Crippen molar-refractivity contribution in [1.82, 2.24) is 0 Å². The largest absolute Gasteiger partial charge is 0.388 e. The molecule has 2 saturated carbocycles. The average molecular weight is 299 g/mol. The molecule has 2 bridgehead atoms. The van der Waals surface area contributed by atoms with Crippen molar-refractivity contribution in [3.05, 3.63) is 34.1 Å². The van der Waals surface area contributed by atoms with Gasteiger partial charge in [0.15, 0.2) is 0 Å². The molecule has 3 rings (SSSR count). The van der Waals surface area contributed by atoms with Crippen LogP contribution in [0.4, 0.5) is 4.39 Å². The Bertz CT molecular complexity index is 434. The molecule has 4 unspecified atom stereocenters. The SMILES string of the molecule is OC(c1ccc(Br)cc1F)C1CC2CCC1C2. The van der Waals surface area contributed by atoms with Gasteiger partial charge in [-0.3, -0.25) is 0 Å². The summed E-state index contributed by atoms with van der Waals surface area (Å²) in [6, 6.07) is 4.94. The lowest BCUT2D eigenvalue weighted by Crippen LogP contribution is -2.20. The highest BCUT2D eigenvalue weighted by molar-refractivity contribution is 9.10. The Balaban J connectivity index is 1.84. The van der Waals surface area contributed by atoms with Crippen LogP contribution in [0.2, 0.25) is 0 Å². The fourth-order valence-corrected chi connectivity index (χ4v) is 3.99. The van der Waals surface area contributed by atoms with Crippen LogP contribution in [0, 0.1) is 23.6 Å². The number of rotatable bonds is 2. The summed E-state index contributed by atoms with van der Waals surface area (Å²) < 4.78 is 14.5. The van der Waals surface area contributed by atoms with Crippen LogP contribution < -0.4 is 0 Å². The van der Waals surface area contributed by atoms with Gasteiger partial charge in [-0.2, -0.15) is 0 Å². The lowest BCUT2D eigenvalue weighted by atomic mass is 9.82. The summed E-state index contributed by atoms with van der Waals surface area (Å²) in [6.45, 7) is 0. The van der Waals surface area contributed by atoms with Crippen LogP contribution in [0.5, 0.6) is 0 Å². The van der Waals surface area contributed by atoms with E-state index in [1.54, 1.807) is 12.1 Å². The van der Waals surface area contributed by atoms with Gasteiger partial charge in [-0.05, 0) is 49.1 Å². The van der Waals surface area contributed by atoms with Crippen LogP contribution >= 0.6 is 15.9 Å². The van der Waals surface area contributed by atoms with E-state index < -0.39 is 6.10 Å². The van der Waals surface area contributed by atoms with Crippen molar-refractivity contribution >= 4 is 15.9 Å². The van der Waals surface area contributed by atoms with Gasteiger partial charge in [-0.1, -0.05) is 28.4 Å². The van der Waals surface area contributed by atoms with Gasteiger partial charge in [0.05, 0.1) is 6.10 Å². The lowest BCUT2D eigenvalue weighted by molar-refractivity contribution is 0.0714. The summed E-state index contributed by atoms with van der Waals surface area (Å²) in [5.74, 6) is 1.36. The molecule has 0 amide bonds. The van der Waals surface area contributed by atoms with Crippen LogP contribution in [-0.2, 0) is 0 Å². The standard InChI is InChI=1S/C14H16BrFO/c15-10-3-4-11(13(16)7-10)14(17)12-6-8-1-2-9(12)5-8/h3-4,7-9,12,14,17H,1-2,5-6H2. The molecule has 2 aliphatic carbocycles. The van der Waals surface area contributed by atoms with E-state index in [2.05, 4.69) is 15.9 Å². The van der Waals surface area contributed by atoms with E-state index in [0.717, 1.165) is 16.8 Å². The summed E-state index contributed by atoms with van der Waals surface area (Å²) in [5, 5.41) is 10.4. The van der Waals surface area contributed by atoms with Crippen LogP contribution in [-0.4, -0.2) is 5.11 Å². The van der Waals surface area contributed by atoms with Crippen molar-refractivity contribution in [2.75, 3.05) is 0 Å². The number of benzene rings is 1. The normalized spacial score (nSPS) is 33.0. The first-order chi connectivity index (χ1) is 8.15. The van der Waals surface area contributed by atoms with Gasteiger partial charge in [-0.15, -0.1) is 0 Å². The first-order valence-electron chi connectivity index (χ1n) is 6.28. The maximum Gasteiger partial charge on any atom is 0.130 e. The number of fused-ring (bicyclic) bond motifs is 2. The monoisotopic (exact) mass is 298 g/mol. The summed E-state index contributed by atoms with van der Waals surface area (Å²) in [7, 11) is 0. The summed E-state index contributed by atoms with van der Waals surface area (Å²) in [5.41, 5.74) is 0.464. The summed E-state index contributed by atoms with van der Waals surface area (Å²) >= 11 is 3.24. The fourth-order valence-electron chi connectivity index (χ4n) is 3.65. The third kappa shape index (κ3) is 2.04. The molecule has 17 heavy (non-hydrogen) atoms. The van der Waals surface area contributed by atoms with Gasteiger partial charge in [0.2, 0.25) is 0 Å². The second kappa shape index (κ2) is 4.36. The first kappa shape index (κ1) is 11.7. The summed E-state index contributed by atoms with van der Waals surface area (Å²) in [4.78, 5) is 0. The molecule has 92 valence electrons.